The molecule has 0 radical (unpaired) electrons. The Morgan fingerprint density at radius 1 is 1.10 bits per heavy atom. The molecule has 1 saturated heterocycles. The van der Waals surface area contributed by atoms with Gasteiger partial charge in [0, 0.05) is 37.8 Å². The van der Waals surface area contributed by atoms with Crippen molar-refractivity contribution >= 4 is 5.82 Å². The predicted octanol–water partition coefficient (Wildman–Crippen LogP) is 1.89. The third-order valence-corrected chi connectivity index (χ3v) is 3.57. The van der Waals surface area contributed by atoms with Crippen molar-refractivity contribution in [3.8, 4) is 11.3 Å². The molecule has 0 spiro atoms. The fourth-order valence-electron chi connectivity index (χ4n) is 2.39. The van der Waals surface area contributed by atoms with Crippen LogP contribution in [0.4, 0.5) is 5.82 Å². The molecule has 0 aliphatic carbocycles. The molecule has 2 heterocycles. The average molecular weight is 284 g/mol. The van der Waals surface area contributed by atoms with Crippen LogP contribution < -0.4 is 5.32 Å². The number of ether oxygens (including phenoxy) is 1. The maximum absolute atomic E-state index is 5.35. The highest BCUT2D eigenvalue weighted by Crippen LogP contribution is 2.17. The lowest BCUT2D eigenvalue weighted by Gasteiger charge is -2.26. The van der Waals surface area contributed by atoms with Gasteiger partial charge in [0.1, 0.15) is 12.1 Å². The van der Waals surface area contributed by atoms with Crippen molar-refractivity contribution in [2.24, 2.45) is 0 Å². The zero-order chi connectivity index (χ0) is 14.3. The second-order valence-electron chi connectivity index (χ2n) is 5.04. The summed E-state index contributed by atoms with van der Waals surface area (Å²) < 4.78 is 5.35. The minimum atomic E-state index is 0.839. The predicted molar refractivity (Wildman–Crippen MR) is 83.2 cm³/mol. The Kier molecular flexibility index (Phi) is 4.76. The number of aromatic nitrogens is 2. The van der Waals surface area contributed by atoms with E-state index in [1.54, 1.807) is 6.33 Å². The normalized spacial score (nSPS) is 15.8. The fourth-order valence-corrected chi connectivity index (χ4v) is 2.39. The van der Waals surface area contributed by atoms with Gasteiger partial charge in [0.25, 0.3) is 0 Å². The molecule has 1 aliphatic rings. The Morgan fingerprint density at radius 2 is 1.90 bits per heavy atom. The van der Waals surface area contributed by atoms with Crippen LogP contribution in [0.5, 0.6) is 0 Å². The number of hydrogen-bond donors (Lipinski definition) is 1. The summed E-state index contributed by atoms with van der Waals surface area (Å²) in [5.74, 6) is 0.872. The lowest BCUT2D eigenvalue weighted by Crippen LogP contribution is -2.39. The summed E-state index contributed by atoms with van der Waals surface area (Å²) in [4.78, 5) is 11.0. The summed E-state index contributed by atoms with van der Waals surface area (Å²) in [5, 5.41) is 3.37. The summed E-state index contributed by atoms with van der Waals surface area (Å²) in [7, 11) is 0. The largest absolute Gasteiger partial charge is 0.379 e. The Balaban J connectivity index is 1.56. The topological polar surface area (TPSA) is 50.3 Å². The van der Waals surface area contributed by atoms with Gasteiger partial charge in [0.05, 0.1) is 18.9 Å². The maximum atomic E-state index is 5.35. The van der Waals surface area contributed by atoms with Crippen molar-refractivity contribution in [1.82, 2.24) is 14.9 Å². The SMILES string of the molecule is c1ccc(-c2cc(NCCN3CCOCC3)ncn2)cc1. The zero-order valence-electron chi connectivity index (χ0n) is 12.0. The van der Waals surface area contributed by atoms with E-state index in [1.165, 1.54) is 0 Å². The van der Waals surface area contributed by atoms with E-state index in [1.807, 2.05) is 24.3 Å². The van der Waals surface area contributed by atoms with Crippen LogP contribution in [0.25, 0.3) is 11.3 Å². The van der Waals surface area contributed by atoms with Crippen molar-refractivity contribution in [1.29, 1.82) is 0 Å². The summed E-state index contributed by atoms with van der Waals surface area (Å²) >= 11 is 0. The van der Waals surface area contributed by atoms with Crippen molar-refractivity contribution in [3.63, 3.8) is 0 Å². The van der Waals surface area contributed by atoms with Gasteiger partial charge < -0.3 is 10.1 Å². The van der Waals surface area contributed by atoms with Gasteiger partial charge in [-0.15, -0.1) is 0 Å². The molecule has 1 fully saturated rings. The molecule has 0 atom stereocenters. The molecule has 1 aromatic heterocycles. The van der Waals surface area contributed by atoms with E-state index in [-0.39, 0.29) is 0 Å². The molecule has 5 nitrogen and oxygen atoms in total. The van der Waals surface area contributed by atoms with Crippen LogP contribution >= 0.6 is 0 Å². The van der Waals surface area contributed by atoms with Gasteiger partial charge in [-0.25, -0.2) is 9.97 Å². The first-order valence-electron chi connectivity index (χ1n) is 7.33. The van der Waals surface area contributed by atoms with Crippen molar-refractivity contribution in [2.75, 3.05) is 44.7 Å². The highest BCUT2D eigenvalue weighted by Gasteiger charge is 2.09. The molecule has 3 rings (SSSR count). The molecular weight excluding hydrogens is 264 g/mol. The molecule has 0 saturated carbocycles. The Labute approximate surface area is 125 Å². The molecule has 0 amide bonds. The third kappa shape index (κ3) is 4.00. The molecule has 1 aliphatic heterocycles. The van der Waals surface area contributed by atoms with E-state index in [9.17, 15) is 0 Å². The minimum absolute atomic E-state index is 0.839. The van der Waals surface area contributed by atoms with E-state index in [2.05, 4.69) is 32.3 Å². The lowest BCUT2D eigenvalue weighted by atomic mass is 10.1. The number of rotatable bonds is 5. The number of morpholine rings is 1. The molecule has 2 aromatic rings. The molecule has 5 heteroatoms. The molecule has 1 aromatic carbocycles. The quantitative estimate of drug-likeness (QED) is 0.908. The highest BCUT2D eigenvalue weighted by atomic mass is 16.5. The van der Waals surface area contributed by atoms with Gasteiger partial charge in [-0.3, -0.25) is 4.90 Å². The van der Waals surface area contributed by atoms with E-state index < -0.39 is 0 Å². The van der Waals surface area contributed by atoms with Crippen LogP contribution in [0, 0.1) is 0 Å². The van der Waals surface area contributed by atoms with Gasteiger partial charge in [-0.1, -0.05) is 30.3 Å². The standard InChI is InChI=1S/C16H20N4O/c1-2-4-14(5-3-1)15-12-16(19-13-18-15)17-6-7-20-8-10-21-11-9-20/h1-5,12-13H,6-11H2,(H,17,18,19). The average Bonchev–Trinajstić information content (AvgIpc) is 2.57. The van der Waals surface area contributed by atoms with E-state index in [4.69, 9.17) is 4.74 Å². The zero-order valence-corrected chi connectivity index (χ0v) is 12.0. The maximum Gasteiger partial charge on any atom is 0.129 e. The van der Waals surface area contributed by atoms with Gasteiger partial charge in [0.15, 0.2) is 0 Å². The van der Waals surface area contributed by atoms with Crippen LogP contribution in [0.15, 0.2) is 42.7 Å². The Hall–Kier alpha value is -1.98. The van der Waals surface area contributed by atoms with Gasteiger partial charge >= 0.3 is 0 Å². The van der Waals surface area contributed by atoms with Crippen molar-refractivity contribution in [2.45, 2.75) is 0 Å². The van der Waals surface area contributed by atoms with E-state index >= 15 is 0 Å². The third-order valence-electron chi connectivity index (χ3n) is 3.57. The first-order valence-corrected chi connectivity index (χ1v) is 7.33. The van der Waals surface area contributed by atoms with Crippen LogP contribution in [0.2, 0.25) is 0 Å². The number of nitrogens with one attached hydrogen (secondary N) is 1. The second kappa shape index (κ2) is 7.15. The monoisotopic (exact) mass is 284 g/mol. The molecule has 0 bridgehead atoms. The number of benzene rings is 1. The van der Waals surface area contributed by atoms with Crippen LogP contribution in [-0.2, 0) is 4.74 Å². The first kappa shape index (κ1) is 14.0. The molecule has 0 unspecified atom stereocenters. The smallest absolute Gasteiger partial charge is 0.129 e. The Bertz CT molecular complexity index is 555. The van der Waals surface area contributed by atoms with E-state index in [0.29, 0.717) is 0 Å². The van der Waals surface area contributed by atoms with Crippen molar-refractivity contribution in [3.05, 3.63) is 42.7 Å². The Morgan fingerprint density at radius 3 is 2.71 bits per heavy atom. The summed E-state index contributed by atoms with van der Waals surface area (Å²) in [5.41, 5.74) is 2.05. The summed E-state index contributed by atoms with van der Waals surface area (Å²) in [6.45, 7) is 5.60. The second-order valence-corrected chi connectivity index (χ2v) is 5.04. The fraction of sp³-hybridized carbons (Fsp3) is 0.375. The number of anilines is 1. The molecule has 110 valence electrons. The lowest BCUT2D eigenvalue weighted by molar-refractivity contribution is 0.0398. The van der Waals surface area contributed by atoms with Gasteiger partial charge in [-0.05, 0) is 0 Å². The first-order chi connectivity index (χ1) is 10.4. The minimum Gasteiger partial charge on any atom is -0.379 e. The van der Waals surface area contributed by atoms with Crippen LogP contribution in [0.1, 0.15) is 0 Å². The van der Waals surface area contributed by atoms with Gasteiger partial charge in [0.2, 0.25) is 0 Å². The number of nitrogens with zero attached hydrogens (tertiary/aromatic N) is 3. The summed E-state index contributed by atoms with van der Waals surface area (Å²) in [6, 6.07) is 12.1. The van der Waals surface area contributed by atoms with E-state index in [0.717, 1.165) is 56.5 Å². The van der Waals surface area contributed by atoms with Gasteiger partial charge in [-0.2, -0.15) is 0 Å². The van der Waals surface area contributed by atoms with Crippen LogP contribution in [-0.4, -0.2) is 54.3 Å². The molecule has 1 N–H and O–H groups in total. The highest BCUT2D eigenvalue weighted by molar-refractivity contribution is 5.61. The number of hydrogen-bond acceptors (Lipinski definition) is 5. The summed E-state index contributed by atoms with van der Waals surface area (Å²) in [6.07, 6.45) is 1.61. The molecular formula is C16H20N4O. The molecule has 21 heavy (non-hydrogen) atoms. The van der Waals surface area contributed by atoms with Crippen molar-refractivity contribution < 1.29 is 4.74 Å². The van der Waals surface area contributed by atoms with Crippen LogP contribution in [0.3, 0.4) is 0 Å².